The minimum atomic E-state index is -0.119. The number of carbonyl (C=O) groups excluding carboxylic acids is 2. The molecule has 2 amide bonds. The van der Waals surface area contributed by atoms with Crippen LogP contribution in [0.4, 0.5) is 10.3 Å². The van der Waals surface area contributed by atoms with Crippen LogP contribution in [0.2, 0.25) is 0 Å². The smallest absolute Gasteiger partial charge is 0.232 e. The van der Waals surface area contributed by atoms with Crippen molar-refractivity contribution in [3.8, 4) is 0 Å². The number of hydrogen-bond acceptors (Lipinski definition) is 6. The number of hydrogen-bond donors (Lipinski definition) is 1. The molecule has 0 spiro atoms. The fraction of sp³-hybridized carbons (Fsp3) is 0.467. The predicted molar refractivity (Wildman–Crippen MR) is 90.1 cm³/mol. The number of aromatic nitrogens is 2. The molecular formula is C15H16N4O2S2. The summed E-state index contributed by atoms with van der Waals surface area (Å²) in [6, 6.07) is 0. The first-order valence-electron chi connectivity index (χ1n) is 7.69. The Morgan fingerprint density at radius 3 is 2.91 bits per heavy atom. The van der Waals surface area contributed by atoms with E-state index >= 15 is 0 Å². The quantitative estimate of drug-likeness (QED) is 0.901. The van der Waals surface area contributed by atoms with Gasteiger partial charge in [0.15, 0.2) is 10.3 Å². The topological polar surface area (TPSA) is 75.2 Å². The first kappa shape index (κ1) is 14.8. The zero-order valence-electron chi connectivity index (χ0n) is 12.4. The van der Waals surface area contributed by atoms with E-state index in [0.29, 0.717) is 28.3 Å². The van der Waals surface area contributed by atoms with Gasteiger partial charge in [0.05, 0.1) is 17.8 Å². The van der Waals surface area contributed by atoms with E-state index in [0.717, 1.165) is 18.7 Å². The van der Waals surface area contributed by atoms with Crippen LogP contribution in [0.25, 0.3) is 0 Å². The van der Waals surface area contributed by atoms with Crippen LogP contribution in [0.15, 0.2) is 10.8 Å². The molecule has 2 aromatic heterocycles. The molecule has 1 N–H and O–H groups in total. The average molecular weight is 348 g/mol. The summed E-state index contributed by atoms with van der Waals surface area (Å²) in [7, 11) is 0. The normalized spacial score (nSPS) is 17.7. The lowest BCUT2D eigenvalue weighted by Crippen LogP contribution is -2.23. The first-order chi connectivity index (χ1) is 11.2. The van der Waals surface area contributed by atoms with Crippen LogP contribution in [-0.4, -0.2) is 28.3 Å². The summed E-state index contributed by atoms with van der Waals surface area (Å²) in [5.74, 6) is 0.591. The molecule has 2 aromatic rings. The van der Waals surface area contributed by atoms with E-state index in [2.05, 4.69) is 15.3 Å². The third-order valence-electron chi connectivity index (χ3n) is 3.95. The highest BCUT2D eigenvalue weighted by Crippen LogP contribution is 2.40. The molecule has 2 aliphatic rings. The Balaban J connectivity index is 1.36. The van der Waals surface area contributed by atoms with Crippen molar-refractivity contribution in [1.29, 1.82) is 0 Å². The lowest BCUT2D eigenvalue weighted by atomic mass is 10.3. The standard InChI is InChI=1S/C15H16N4O2S2/c20-12(18-14-17-11(8-22-14)9-3-4-9)6-10-7-23-15(16-10)19-5-1-2-13(19)21/h7-9H,1-6H2,(H,17,18,20). The van der Waals surface area contributed by atoms with Crippen LogP contribution < -0.4 is 10.2 Å². The molecule has 1 saturated carbocycles. The predicted octanol–water partition coefficient (Wildman–Crippen LogP) is 2.79. The second-order valence-corrected chi connectivity index (χ2v) is 7.54. The van der Waals surface area contributed by atoms with Crippen molar-refractivity contribution >= 4 is 44.8 Å². The van der Waals surface area contributed by atoms with Gasteiger partial charge >= 0.3 is 0 Å². The van der Waals surface area contributed by atoms with E-state index in [1.807, 2.05) is 10.8 Å². The summed E-state index contributed by atoms with van der Waals surface area (Å²) in [4.78, 5) is 34.4. The second-order valence-electron chi connectivity index (χ2n) is 5.85. The Bertz CT molecular complexity index is 750. The Kier molecular flexibility index (Phi) is 3.86. The molecule has 3 heterocycles. The van der Waals surface area contributed by atoms with Gasteiger partial charge in [0.25, 0.3) is 0 Å². The number of thiazole rings is 2. The molecule has 120 valence electrons. The minimum absolute atomic E-state index is 0.116. The molecule has 0 atom stereocenters. The van der Waals surface area contributed by atoms with E-state index in [4.69, 9.17) is 0 Å². The molecule has 0 radical (unpaired) electrons. The number of anilines is 2. The van der Waals surface area contributed by atoms with E-state index < -0.39 is 0 Å². The molecular weight excluding hydrogens is 332 g/mol. The van der Waals surface area contributed by atoms with Crippen LogP contribution in [-0.2, 0) is 16.0 Å². The summed E-state index contributed by atoms with van der Waals surface area (Å²) < 4.78 is 0. The van der Waals surface area contributed by atoms with Gasteiger partial charge in [-0.05, 0) is 19.3 Å². The van der Waals surface area contributed by atoms with Gasteiger partial charge < -0.3 is 5.32 Å². The number of nitrogens with one attached hydrogen (secondary N) is 1. The van der Waals surface area contributed by atoms with E-state index in [1.54, 1.807) is 4.90 Å². The largest absolute Gasteiger partial charge is 0.302 e. The van der Waals surface area contributed by atoms with Crippen LogP contribution in [0, 0.1) is 0 Å². The van der Waals surface area contributed by atoms with Crippen molar-refractivity contribution in [3.63, 3.8) is 0 Å². The van der Waals surface area contributed by atoms with Crippen molar-refractivity contribution < 1.29 is 9.59 Å². The first-order valence-corrected chi connectivity index (χ1v) is 9.45. The lowest BCUT2D eigenvalue weighted by molar-refractivity contribution is -0.117. The lowest BCUT2D eigenvalue weighted by Gasteiger charge is -2.10. The Labute approximate surface area is 141 Å². The van der Waals surface area contributed by atoms with E-state index in [-0.39, 0.29) is 18.2 Å². The maximum Gasteiger partial charge on any atom is 0.232 e. The minimum Gasteiger partial charge on any atom is -0.302 e. The maximum atomic E-state index is 12.1. The maximum absolute atomic E-state index is 12.1. The van der Waals surface area contributed by atoms with E-state index in [9.17, 15) is 9.59 Å². The molecule has 2 fully saturated rings. The Morgan fingerprint density at radius 1 is 1.30 bits per heavy atom. The Morgan fingerprint density at radius 2 is 2.17 bits per heavy atom. The highest BCUT2D eigenvalue weighted by Gasteiger charge is 2.26. The third kappa shape index (κ3) is 3.28. The van der Waals surface area contributed by atoms with Gasteiger partial charge in [-0.15, -0.1) is 22.7 Å². The summed E-state index contributed by atoms with van der Waals surface area (Å²) in [5.41, 5.74) is 1.79. The molecule has 1 aliphatic heterocycles. The molecule has 1 saturated heterocycles. The molecule has 4 rings (SSSR count). The van der Waals surface area contributed by atoms with Gasteiger partial charge in [0.1, 0.15) is 0 Å². The average Bonchev–Trinajstić information content (AvgIpc) is 2.91. The van der Waals surface area contributed by atoms with Gasteiger partial charge in [0, 0.05) is 29.6 Å². The van der Waals surface area contributed by atoms with Crippen molar-refractivity contribution in [3.05, 3.63) is 22.1 Å². The van der Waals surface area contributed by atoms with Gasteiger partial charge in [-0.3, -0.25) is 14.5 Å². The van der Waals surface area contributed by atoms with Gasteiger partial charge in [0.2, 0.25) is 11.8 Å². The number of rotatable bonds is 5. The zero-order valence-corrected chi connectivity index (χ0v) is 14.1. The van der Waals surface area contributed by atoms with Crippen LogP contribution in [0.1, 0.15) is 43.0 Å². The molecule has 23 heavy (non-hydrogen) atoms. The molecule has 8 heteroatoms. The zero-order chi connectivity index (χ0) is 15.8. The van der Waals surface area contributed by atoms with Crippen molar-refractivity contribution in [2.45, 2.75) is 38.0 Å². The molecule has 0 unspecified atom stereocenters. The second kappa shape index (κ2) is 6.01. The number of nitrogens with zero attached hydrogens (tertiary/aromatic N) is 3. The van der Waals surface area contributed by atoms with Crippen LogP contribution in [0.3, 0.4) is 0 Å². The summed E-state index contributed by atoms with van der Waals surface area (Å²) in [6.45, 7) is 0.723. The Hall–Kier alpha value is -1.80. The highest BCUT2D eigenvalue weighted by molar-refractivity contribution is 7.14. The van der Waals surface area contributed by atoms with Crippen LogP contribution in [0.5, 0.6) is 0 Å². The number of amides is 2. The van der Waals surface area contributed by atoms with Crippen molar-refractivity contribution in [1.82, 2.24) is 9.97 Å². The summed E-state index contributed by atoms with van der Waals surface area (Å²) in [6.07, 6.45) is 4.07. The van der Waals surface area contributed by atoms with Crippen molar-refractivity contribution in [2.24, 2.45) is 0 Å². The van der Waals surface area contributed by atoms with Gasteiger partial charge in [-0.25, -0.2) is 9.97 Å². The summed E-state index contributed by atoms with van der Waals surface area (Å²) >= 11 is 2.89. The third-order valence-corrected chi connectivity index (χ3v) is 5.64. The summed E-state index contributed by atoms with van der Waals surface area (Å²) in [5, 5.41) is 8.05. The van der Waals surface area contributed by atoms with Gasteiger partial charge in [-0.2, -0.15) is 0 Å². The molecule has 1 aliphatic carbocycles. The van der Waals surface area contributed by atoms with Crippen molar-refractivity contribution in [2.75, 3.05) is 16.8 Å². The molecule has 6 nitrogen and oxygen atoms in total. The molecule has 0 aromatic carbocycles. The number of carbonyl (C=O) groups is 2. The monoisotopic (exact) mass is 348 g/mol. The fourth-order valence-electron chi connectivity index (χ4n) is 2.59. The highest BCUT2D eigenvalue weighted by atomic mass is 32.1. The van der Waals surface area contributed by atoms with E-state index in [1.165, 1.54) is 35.5 Å². The molecule has 0 bridgehead atoms. The van der Waals surface area contributed by atoms with Gasteiger partial charge in [-0.1, -0.05) is 0 Å². The fourth-order valence-corrected chi connectivity index (χ4v) is 4.27. The van der Waals surface area contributed by atoms with Crippen LogP contribution >= 0.6 is 22.7 Å². The SMILES string of the molecule is O=C(Cc1csc(N2CCCC2=O)n1)Nc1nc(C2CC2)cs1.